The van der Waals surface area contributed by atoms with Crippen LogP contribution >= 0.6 is 0 Å². The number of benzene rings is 1. The lowest BCUT2D eigenvalue weighted by atomic mass is 10.1. The average Bonchev–Trinajstić information content (AvgIpc) is 3.07. The monoisotopic (exact) mass is 547 g/mol. The maximum atomic E-state index is 13.1. The molecule has 0 bridgehead atoms. The van der Waals surface area contributed by atoms with E-state index in [1.165, 1.54) is 4.68 Å². The average molecular weight is 548 g/mol. The summed E-state index contributed by atoms with van der Waals surface area (Å²) >= 11 is 0. The number of hydrogen-bond donors (Lipinski definition) is 3. The predicted molar refractivity (Wildman–Crippen MR) is 152 cm³/mol. The lowest BCUT2D eigenvalue weighted by molar-refractivity contribution is 0.0153. The Hall–Kier alpha value is -4.41. The molecule has 3 aromatic rings. The highest BCUT2D eigenvalue weighted by atomic mass is 16.6. The first kappa shape index (κ1) is 28.6. The summed E-state index contributed by atoms with van der Waals surface area (Å²) in [6, 6.07) is 9.86. The molecule has 0 unspecified atom stereocenters. The summed E-state index contributed by atoms with van der Waals surface area (Å²) < 4.78 is 6.84. The van der Waals surface area contributed by atoms with Crippen molar-refractivity contribution in [3.63, 3.8) is 0 Å². The largest absolute Gasteiger partial charge is 0.444 e. The van der Waals surface area contributed by atoms with E-state index in [2.05, 4.69) is 10.3 Å². The van der Waals surface area contributed by atoms with E-state index in [9.17, 15) is 14.4 Å². The molecule has 11 nitrogen and oxygen atoms in total. The summed E-state index contributed by atoms with van der Waals surface area (Å²) in [5, 5.41) is 2.80. The first-order chi connectivity index (χ1) is 19.0. The number of nitrogens with zero attached hydrogens (tertiary/aromatic N) is 4. The third kappa shape index (κ3) is 6.41. The maximum absolute atomic E-state index is 13.1. The number of carbonyl (C=O) groups excluding carboxylic acids is 3. The van der Waals surface area contributed by atoms with Crippen molar-refractivity contribution in [2.45, 2.75) is 71.4 Å². The summed E-state index contributed by atoms with van der Waals surface area (Å²) in [5.74, 6) is 6.15. The molecule has 0 saturated carbocycles. The molecule has 40 heavy (non-hydrogen) atoms. The van der Waals surface area contributed by atoms with Crippen molar-refractivity contribution in [2.75, 3.05) is 17.7 Å². The first-order valence-corrected chi connectivity index (χ1v) is 13.5. The number of pyridine rings is 1. The number of anilines is 1. The van der Waals surface area contributed by atoms with E-state index in [4.69, 9.17) is 21.3 Å². The molecular weight excluding hydrogens is 510 g/mol. The van der Waals surface area contributed by atoms with Gasteiger partial charge in [-0.25, -0.2) is 19.4 Å². The number of aromatic nitrogens is 3. The van der Waals surface area contributed by atoms with Crippen LogP contribution in [0.1, 0.15) is 91.7 Å². The molecule has 0 spiro atoms. The van der Waals surface area contributed by atoms with Crippen molar-refractivity contribution >= 4 is 23.7 Å². The lowest BCUT2D eigenvalue weighted by Crippen LogP contribution is -2.40. The lowest BCUT2D eigenvalue weighted by Gasteiger charge is -2.31. The van der Waals surface area contributed by atoms with Crippen LogP contribution in [0.5, 0.6) is 0 Å². The Morgan fingerprint density at radius 2 is 1.82 bits per heavy atom. The van der Waals surface area contributed by atoms with Crippen LogP contribution in [0, 0.1) is 0 Å². The number of hydrogen-bond acceptors (Lipinski definition) is 7. The molecule has 1 aromatic carbocycles. The SMILES string of the molecule is CCc1ccnc(NC(=O)c2ccc(-c3nc([C@@H]4CCCCCN4C(=O)OC(C)(C)C)n(N)c3C(N)=O)cc2)c1. The molecule has 1 aliphatic heterocycles. The second-order valence-electron chi connectivity index (χ2n) is 10.9. The third-order valence-electron chi connectivity index (χ3n) is 6.75. The smallest absolute Gasteiger partial charge is 0.410 e. The number of ether oxygens (including phenoxy) is 1. The van der Waals surface area contributed by atoms with Crippen LogP contribution in [0.15, 0.2) is 42.6 Å². The Morgan fingerprint density at radius 1 is 1.10 bits per heavy atom. The van der Waals surface area contributed by atoms with Crippen LogP contribution < -0.4 is 16.9 Å². The molecule has 2 aromatic heterocycles. The third-order valence-corrected chi connectivity index (χ3v) is 6.75. The van der Waals surface area contributed by atoms with Gasteiger partial charge in [-0.05, 0) is 69.9 Å². The highest BCUT2D eigenvalue weighted by Crippen LogP contribution is 2.34. The summed E-state index contributed by atoms with van der Waals surface area (Å²) in [7, 11) is 0. The van der Waals surface area contributed by atoms with Gasteiger partial charge in [0.05, 0.1) is 6.04 Å². The number of aryl methyl sites for hydroxylation is 1. The number of amides is 3. The Bertz CT molecular complexity index is 1390. The van der Waals surface area contributed by atoms with Crippen molar-refractivity contribution in [2.24, 2.45) is 5.73 Å². The van der Waals surface area contributed by atoms with Gasteiger partial charge >= 0.3 is 6.09 Å². The number of carbonyl (C=O) groups is 3. The molecule has 11 heteroatoms. The van der Waals surface area contributed by atoms with E-state index < -0.39 is 23.6 Å². The van der Waals surface area contributed by atoms with Crippen LogP contribution in [-0.4, -0.2) is 49.6 Å². The second-order valence-corrected chi connectivity index (χ2v) is 10.9. The van der Waals surface area contributed by atoms with Gasteiger partial charge in [0.1, 0.15) is 17.1 Å². The normalized spacial score (nSPS) is 15.8. The zero-order valence-corrected chi connectivity index (χ0v) is 23.4. The zero-order chi connectivity index (χ0) is 29.0. The van der Waals surface area contributed by atoms with Gasteiger partial charge in [0.15, 0.2) is 11.5 Å². The topological polar surface area (TPSA) is 158 Å². The van der Waals surface area contributed by atoms with Gasteiger partial charge in [-0.3, -0.25) is 14.5 Å². The van der Waals surface area contributed by atoms with Crippen LogP contribution in [0.3, 0.4) is 0 Å². The van der Waals surface area contributed by atoms with Gasteiger partial charge in [-0.2, -0.15) is 0 Å². The molecule has 212 valence electrons. The Balaban J connectivity index is 1.64. The highest BCUT2D eigenvalue weighted by molar-refractivity contribution is 6.04. The highest BCUT2D eigenvalue weighted by Gasteiger charge is 2.35. The molecule has 1 atom stereocenters. The molecule has 0 aliphatic carbocycles. The summed E-state index contributed by atoms with van der Waals surface area (Å²) in [6.45, 7) is 7.95. The number of nitrogen functional groups attached to an aromatic ring is 1. The summed E-state index contributed by atoms with van der Waals surface area (Å²) in [6.07, 6.45) is 5.25. The number of nitrogens with one attached hydrogen (secondary N) is 1. The van der Waals surface area contributed by atoms with Gasteiger partial charge in [0.25, 0.3) is 11.8 Å². The molecule has 0 radical (unpaired) electrons. The van der Waals surface area contributed by atoms with Crippen molar-refractivity contribution in [3.05, 3.63) is 65.2 Å². The van der Waals surface area contributed by atoms with Gasteiger partial charge in [0.2, 0.25) is 0 Å². The van der Waals surface area contributed by atoms with Crippen molar-refractivity contribution in [1.29, 1.82) is 0 Å². The number of rotatable bonds is 6. The Labute approximate surface area is 233 Å². The van der Waals surface area contributed by atoms with Crippen LogP contribution in [0.2, 0.25) is 0 Å². The van der Waals surface area contributed by atoms with E-state index in [0.717, 1.165) is 31.2 Å². The van der Waals surface area contributed by atoms with E-state index in [1.807, 2.05) is 39.8 Å². The molecule has 1 saturated heterocycles. The zero-order valence-electron chi connectivity index (χ0n) is 23.4. The quantitative estimate of drug-likeness (QED) is 0.385. The number of likely N-dealkylation sites (tertiary alicyclic amines) is 1. The fraction of sp³-hybridized carbons (Fsp3) is 0.414. The molecule has 3 heterocycles. The van der Waals surface area contributed by atoms with E-state index in [0.29, 0.717) is 35.7 Å². The fourth-order valence-corrected chi connectivity index (χ4v) is 4.77. The van der Waals surface area contributed by atoms with Gasteiger partial charge in [0, 0.05) is 23.9 Å². The standard InChI is InChI=1S/C29H37N7O4/c1-5-18-14-15-32-22(17-18)33-27(38)20-12-10-19(11-13-20)23-24(25(30)37)36(31)26(34-23)21-9-7-6-8-16-35(21)28(39)40-29(2,3)4/h10-15,17,21H,5-9,16,31H2,1-4H3,(H2,30,37)(H,32,33,38)/t21-/m0/s1. The summed E-state index contributed by atoms with van der Waals surface area (Å²) in [5.41, 5.74) is 7.38. The van der Waals surface area contributed by atoms with Crippen LogP contribution in [-0.2, 0) is 11.2 Å². The van der Waals surface area contributed by atoms with E-state index in [1.54, 1.807) is 35.4 Å². The van der Waals surface area contributed by atoms with Gasteiger partial charge in [-0.1, -0.05) is 31.9 Å². The van der Waals surface area contributed by atoms with Gasteiger partial charge < -0.3 is 21.6 Å². The van der Waals surface area contributed by atoms with E-state index in [-0.39, 0.29) is 17.3 Å². The predicted octanol–water partition coefficient (Wildman–Crippen LogP) is 4.42. The molecule has 5 N–H and O–H groups in total. The molecule has 1 aliphatic rings. The van der Waals surface area contributed by atoms with Crippen molar-refractivity contribution in [1.82, 2.24) is 19.5 Å². The minimum absolute atomic E-state index is 0.0150. The Morgan fingerprint density at radius 3 is 2.48 bits per heavy atom. The number of imidazole rings is 1. The Kier molecular flexibility index (Phi) is 8.41. The molecular formula is C29H37N7O4. The van der Waals surface area contributed by atoms with Crippen molar-refractivity contribution in [3.8, 4) is 11.3 Å². The second kappa shape index (κ2) is 11.8. The number of nitrogens with two attached hydrogens (primary N) is 2. The van der Waals surface area contributed by atoms with Crippen LogP contribution in [0.25, 0.3) is 11.3 Å². The molecule has 3 amide bonds. The summed E-state index contributed by atoms with van der Waals surface area (Å²) in [4.78, 5) is 49.0. The maximum Gasteiger partial charge on any atom is 0.410 e. The van der Waals surface area contributed by atoms with E-state index >= 15 is 0 Å². The van der Waals surface area contributed by atoms with Gasteiger partial charge in [-0.15, -0.1) is 0 Å². The molecule has 4 rings (SSSR count). The van der Waals surface area contributed by atoms with Crippen molar-refractivity contribution < 1.29 is 19.1 Å². The fourth-order valence-electron chi connectivity index (χ4n) is 4.77. The molecule has 1 fully saturated rings. The minimum atomic E-state index is -0.752. The minimum Gasteiger partial charge on any atom is -0.444 e. The first-order valence-electron chi connectivity index (χ1n) is 13.5. The number of primary amides is 1. The van der Waals surface area contributed by atoms with Crippen LogP contribution in [0.4, 0.5) is 10.6 Å².